The van der Waals surface area contributed by atoms with Gasteiger partial charge >= 0.3 is 0 Å². The Morgan fingerprint density at radius 3 is 1.91 bits per heavy atom. The van der Waals surface area contributed by atoms with Gasteiger partial charge in [0, 0.05) is 18.6 Å². The molecule has 0 rings (SSSR count). The molecule has 64 valence electrons. The molecule has 2 radical (unpaired) electrons. The summed E-state index contributed by atoms with van der Waals surface area (Å²) in [4.78, 5) is 4.03. The van der Waals surface area contributed by atoms with E-state index in [0.717, 1.165) is 6.54 Å². The van der Waals surface area contributed by atoms with Gasteiger partial charge < -0.3 is 9.71 Å². The number of hydrogen-bond acceptors (Lipinski definition) is 2. The third kappa shape index (κ3) is 4.43. The highest BCUT2D eigenvalue weighted by Crippen LogP contribution is 1.98. The molecule has 0 N–H and O–H groups in total. The molecule has 1 atom stereocenters. The summed E-state index contributed by atoms with van der Waals surface area (Å²) in [7, 11) is 9.61. The second-order valence-corrected chi connectivity index (χ2v) is 3.55. The molecule has 11 heavy (non-hydrogen) atoms. The Hall–Kier alpha value is -0.0151. The molecule has 0 saturated heterocycles. The maximum absolute atomic E-state index is 5.59. The first kappa shape index (κ1) is 11.0. The Kier molecular flexibility index (Phi) is 4.77. The van der Waals surface area contributed by atoms with E-state index in [2.05, 4.69) is 32.7 Å². The first-order valence-corrected chi connectivity index (χ1v) is 4.13. The number of rotatable bonds is 4. The lowest BCUT2D eigenvalue weighted by atomic mass is 10.2. The van der Waals surface area contributed by atoms with Crippen LogP contribution in [0.1, 0.15) is 20.8 Å². The molecule has 0 bridgehead atoms. The van der Waals surface area contributed by atoms with Crippen molar-refractivity contribution in [2.45, 2.75) is 32.9 Å². The fraction of sp³-hybridized carbons (Fsp3) is 1.00. The Bertz CT molecular complexity index is 92.3. The van der Waals surface area contributed by atoms with E-state index in [1.165, 1.54) is 0 Å². The maximum Gasteiger partial charge on any atom is 0.182 e. The van der Waals surface area contributed by atoms with Gasteiger partial charge in [0.25, 0.3) is 0 Å². The van der Waals surface area contributed by atoms with Crippen molar-refractivity contribution >= 4 is 7.98 Å². The second-order valence-electron chi connectivity index (χ2n) is 3.55. The van der Waals surface area contributed by atoms with E-state index < -0.39 is 0 Å². The van der Waals surface area contributed by atoms with Crippen LogP contribution in [0.2, 0.25) is 0 Å². The lowest BCUT2D eigenvalue weighted by Crippen LogP contribution is -2.40. The highest BCUT2D eigenvalue weighted by atomic mass is 15.2. The molecular weight excluding hydrogens is 135 g/mol. The molecule has 0 aromatic heterocycles. The van der Waals surface area contributed by atoms with Gasteiger partial charge in [0.1, 0.15) is 0 Å². The summed E-state index contributed by atoms with van der Waals surface area (Å²) >= 11 is 0. The van der Waals surface area contributed by atoms with Gasteiger partial charge in [-0.3, -0.25) is 0 Å². The minimum atomic E-state index is 0.419. The van der Waals surface area contributed by atoms with Gasteiger partial charge in [-0.05, 0) is 34.9 Å². The van der Waals surface area contributed by atoms with Crippen LogP contribution in [0.4, 0.5) is 0 Å². The first-order valence-electron chi connectivity index (χ1n) is 4.13. The molecule has 0 heterocycles. The Labute approximate surface area is 72.0 Å². The average Bonchev–Trinajstić information content (AvgIpc) is 1.87. The molecule has 2 nitrogen and oxygen atoms in total. The van der Waals surface area contributed by atoms with Crippen LogP contribution in [0.5, 0.6) is 0 Å². The van der Waals surface area contributed by atoms with Crippen molar-refractivity contribution < 1.29 is 0 Å². The molecule has 0 aliphatic carbocycles. The van der Waals surface area contributed by atoms with Gasteiger partial charge in [0.05, 0.1) is 0 Å². The zero-order chi connectivity index (χ0) is 9.02. The molecule has 3 heteroatoms. The molecule has 0 aromatic carbocycles. The average molecular weight is 154 g/mol. The third-order valence-electron chi connectivity index (χ3n) is 2.13. The lowest BCUT2D eigenvalue weighted by molar-refractivity contribution is 0.222. The largest absolute Gasteiger partial charge is 0.353 e. The van der Waals surface area contributed by atoms with Crippen molar-refractivity contribution in [2.75, 3.05) is 20.6 Å². The van der Waals surface area contributed by atoms with Crippen LogP contribution < -0.4 is 0 Å². The lowest BCUT2D eigenvalue weighted by Gasteiger charge is -2.28. The van der Waals surface area contributed by atoms with E-state index >= 15 is 0 Å². The van der Waals surface area contributed by atoms with Crippen LogP contribution in [-0.2, 0) is 0 Å². The summed E-state index contributed by atoms with van der Waals surface area (Å²) in [6.07, 6.45) is 0. The van der Waals surface area contributed by atoms with Gasteiger partial charge in [-0.25, -0.2) is 0 Å². The van der Waals surface area contributed by atoms with Crippen molar-refractivity contribution in [3.63, 3.8) is 0 Å². The molecule has 0 saturated carbocycles. The van der Waals surface area contributed by atoms with E-state index in [0.29, 0.717) is 12.1 Å². The summed E-state index contributed by atoms with van der Waals surface area (Å²) in [5, 5.41) is 0. The van der Waals surface area contributed by atoms with Gasteiger partial charge in [-0.15, -0.1) is 0 Å². The smallest absolute Gasteiger partial charge is 0.182 e. The van der Waals surface area contributed by atoms with Crippen molar-refractivity contribution in [3.05, 3.63) is 0 Å². The minimum absolute atomic E-state index is 0.419. The van der Waals surface area contributed by atoms with Crippen LogP contribution >= 0.6 is 0 Å². The first-order chi connectivity index (χ1) is 4.95. The van der Waals surface area contributed by atoms with Crippen LogP contribution in [0.25, 0.3) is 0 Å². The zero-order valence-electron chi connectivity index (χ0n) is 8.33. The Balaban J connectivity index is 3.66. The minimum Gasteiger partial charge on any atom is -0.353 e. The van der Waals surface area contributed by atoms with E-state index in [-0.39, 0.29) is 0 Å². The molecule has 0 aromatic rings. The standard InChI is InChI=1S/C8H19BN2/c1-7(2)10(4)6-8(3)11(5)9/h7-8H,6H2,1-5H3. The van der Waals surface area contributed by atoms with Gasteiger partial charge in [0.15, 0.2) is 7.98 Å². The van der Waals surface area contributed by atoms with Crippen LogP contribution in [0.15, 0.2) is 0 Å². The fourth-order valence-corrected chi connectivity index (χ4v) is 0.756. The van der Waals surface area contributed by atoms with Gasteiger partial charge in [0.2, 0.25) is 0 Å². The Morgan fingerprint density at radius 2 is 1.64 bits per heavy atom. The second kappa shape index (κ2) is 4.78. The molecular formula is C8H19BN2. The molecule has 0 fully saturated rings. The molecule has 0 spiro atoms. The van der Waals surface area contributed by atoms with Crippen molar-refractivity contribution in [1.29, 1.82) is 0 Å². The SMILES string of the molecule is [B]N(C)C(C)CN(C)C(C)C. The van der Waals surface area contributed by atoms with E-state index in [4.69, 9.17) is 7.98 Å². The summed E-state index contributed by atoms with van der Waals surface area (Å²) in [5.41, 5.74) is 0. The normalized spacial score (nSPS) is 14.9. The predicted octanol–water partition coefficient (Wildman–Crippen LogP) is 0.730. The van der Waals surface area contributed by atoms with Gasteiger partial charge in [-0.1, -0.05) is 0 Å². The zero-order valence-corrected chi connectivity index (χ0v) is 8.33. The number of likely N-dealkylation sites (N-methyl/N-ethyl adjacent to an activating group) is 2. The van der Waals surface area contributed by atoms with Crippen molar-refractivity contribution in [3.8, 4) is 0 Å². The summed E-state index contributed by atoms with van der Waals surface area (Å²) in [6, 6.07) is 1.01. The topological polar surface area (TPSA) is 6.48 Å². The van der Waals surface area contributed by atoms with Crippen LogP contribution in [-0.4, -0.2) is 50.4 Å². The molecule has 0 aliphatic rings. The van der Waals surface area contributed by atoms with E-state index in [9.17, 15) is 0 Å². The van der Waals surface area contributed by atoms with E-state index in [1.807, 2.05) is 7.05 Å². The number of hydrogen-bond donors (Lipinski definition) is 0. The molecule has 1 unspecified atom stereocenters. The summed E-state index contributed by atoms with van der Waals surface area (Å²) in [6.45, 7) is 7.51. The highest BCUT2D eigenvalue weighted by molar-refractivity contribution is 6.04. The van der Waals surface area contributed by atoms with Crippen molar-refractivity contribution in [1.82, 2.24) is 9.71 Å². The summed E-state index contributed by atoms with van der Waals surface area (Å²) in [5.74, 6) is 0. The van der Waals surface area contributed by atoms with Gasteiger partial charge in [-0.2, -0.15) is 0 Å². The quantitative estimate of drug-likeness (QED) is 0.551. The van der Waals surface area contributed by atoms with E-state index in [1.54, 1.807) is 4.81 Å². The highest BCUT2D eigenvalue weighted by Gasteiger charge is 2.09. The summed E-state index contributed by atoms with van der Waals surface area (Å²) < 4.78 is 0. The Morgan fingerprint density at radius 1 is 1.18 bits per heavy atom. The van der Waals surface area contributed by atoms with Crippen molar-refractivity contribution in [2.24, 2.45) is 0 Å². The predicted molar refractivity (Wildman–Crippen MR) is 50.7 cm³/mol. The maximum atomic E-state index is 5.59. The third-order valence-corrected chi connectivity index (χ3v) is 2.13. The van der Waals surface area contributed by atoms with Crippen LogP contribution in [0.3, 0.4) is 0 Å². The fourth-order valence-electron chi connectivity index (χ4n) is 0.756. The molecule has 0 aliphatic heterocycles. The van der Waals surface area contributed by atoms with Crippen LogP contribution in [0, 0.1) is 0 Å². The number of nitrogens with zero attached hydrogens (tertiary/aromatic N) is 2. The molecule has 0 amide bonds. The monoisotopic (exact) mass is 154 g/mol.